The maximum atomic E-state index is 14.3. The van der Waals surface area contributed by atoms with Gasteiger partial charge in [0.25, 0.3) is 11.8 Å². The van der Waals surface area contributed by atoms with Gasteiger partial charge in [-0.25, -0.2) is 13.8 Å². The van der Waals surface area contributed by atoms with Crippen molar-refractivity contribution in [1.82, 2.24) is 14.7 Å². The van der Waals surface area contributed by atoms with Crippen LogP contribution in [0.2, 0.25) is 0 Å². The van der Waals surface area contributed by atoms with Gasteiger partial charge >= 0.3 is 0 Å². The second kappa shape index (κ2) is 8.47. The van der Waals surface area contributed by atoms with E-state index in [1.807, 2.05) is 0 Å². The molecule has 0 saturated heterocycles. The van der Waals surface area contributed by atoms with Gasteiger partial charge in [-0.1, -0.05) is 0 Å². The van der Waals surface area contributed by atoms with Crippen molar-refractivity contribution in [2.75, 3.05) is 18.6 Å². The Balaban J connectivity index is 1.39. The predicted octanol–water partition coefficient (Wildman–Crippen LogP) is 2.59. The van der Waals surface area contributed by atoms with Gasteiger partial charge < -0.3 is 20.7 Å². The van der Waals surface area contributed by atoms with Crippen molar-refractivity contribution in [3.8, 4) is 17.0 Å². The van der Waals surface area contributed by atoms with Crippen LogP contribution in [0.15, 0.2) is 48.0 Å². The van der Waals surface area contributed by atoms with E-state index < -0.39 is 35.4 Å². The third-order valence-electron chi connectivity index (χ3n) is 5.59. The molecule has 3 amide bonds. The molecule has 2 aromatic carbocycles. The first kappa shape index (κ1) is 22.5. The number of nitrogens with zero attached hydrogens (tertiary/aromatic N) is 3. The summed E-state index contributed by atoms with van der Waals surface area (Å²) >= 11 is 1.18. The maximum absolute atomic E-state index is 14.3. The third kappa shape index (κ3) is 3.97. The molecule has 1 atom stereocenters. The molecule has 3 N–H and O–H groups in total. The predicted molar refractivity (Wildman–Crippen MR) is 124 cm³/mol. The summed E-state index contributed by atoms with van der Waals surface area (Å²) in [6, 6.07) is 6.66. The SMILES string of the molecule is CN1C(=O)[C@@H](NC(=O)c2cn3c(-c4ccc(F)cc4F)csc3n2)COc2ccc(C(N)=O)cc21. The first-order valence-electron chi connectivity index (χ1n) is 10.3. The zero-order valence-corrected chi connectivity index (χ0v) is 18.9. The molecule has 12 heteroatoms. The first-order chi connectivity index (χ1) is 16.7. The van der Waals surface area contributed by atoms with E-state index in [1.165, 1.54) is 58.1 Å². The lowest BCUT2D eigenvalue weighted by Crippen LogP contribution is -2.49. The number of rotatable bonds is 4. The quantitative estimate of drug-likeness (QED) is 0.449. The van der Waals surface area contributed by atoms with Gasteiger partial charge in [-0.15, -0.1) is 11.3 Å². The molecular weight excluding hydrogens is 480 g/mol. The highest BCUT2D eigenvalue weighted by Crippen LogP contribution is 2.32. The first-order valence-corrected chi connectivity index (χ1v) is 11.2. The molecule has 0 bridgehead atoms. The summed E-state index contributed by atoms with van der Waals surface area (Å²) in [6.07, 6.45) is 1.42. The van der Waals surface area contributed by atoms with Crippen molar-refractivity contribution in [2.24, 2.45) is 5.73 Å². The van der Waals surface area contributed by atoms with Crippen LogP contribution in [0.4, 0.5) is 14.5 Å². The minimum absolute atomic E-state index is 0.00819. The minimum atomic E-state index is -1.04. The number of primary amides is 1. The summed E-state index contributed by atoms with van der Waals surface area (Å²) < 4.78 is 34.8. The fourth-order valence-corrected chi connectivity index (χ4v) is 4.64. The number of benzene rings is 2. The number of likely N-dealkylation sites (N-methyl/N-ethyl adjacent to an activating group) is 1. The van der Waals surface area contributed by atoms with Crippen LogP contribution in [0.1, 0.15) is 20.8 Å². The van der Waals surface area contributed by atoms with Gasteiger partial charge in [-0.2, -0.15) is 0 Å². The lowest BCUT2D eigenvalue weighted by atomic mass is 10.1. The van der Waals surface area contributed by atoms with Gasteiger partial charge in [-0.3, -0.25) is 18.8 Å². The number of carbonyl (C=O) groups excluding carboxylic acids is 3. The van der Waals surface area contributed by atoms with Gasteiger partial charge in [0, 0.05) is 35.8 Å². The van der Waals surface area contributed by atoms with Crippen LogP contribution in [0.25, 0.3) is 16.2 Å². The number of ether oxygens (including phenoxy) is 1. The van der Waals surface area contributed by atoms with E-state index in [9.17, 15) is 23.2 Å². The number of halogens is 2. The molecule has 0 fully saturated rings. The highest BCUT2D eigenvalue weighted by atomic mass is 32.1. The molecule has 0 radical (unpaired) electrons. The minimum Gasteiger partial charge on any atom is -0.489 e. The number of hydrogen-bond acceptors (Lipinski definition) is 6. The summed E-state index contributed by atoms with van der Waals surface area (Å²) in [6.45, 7) is -0.147. The van der Waals surface area contributed by atoms with Crippen molar-refractivity contribution in [2.45, 2.75) is 6.04 Å². The van der Waals surface area contributed by atoms with Crippen molar-refractivity contribution in [3.05, 3.63) is 70.9 Å². The summed E-state index contributed by atoms with van der Waals surface area (Å²) in [5.41, 5.74) is 6.45. The number of nitrogens with two attached hydrogens (primary N) is 1. The van der Waals surface area contributed by atoms with Crippen LogP contribution in [0, 0.1) is 11.6 Å². The Bertz CT molecular complexity index is 1520. The van der Waals surface area contributed by atoms with E-state index in [0.717, 1.165) is 12.1 Å². The fraction of sp³-hybridized carbons (Fsp3) is 0.130. The Morgan fingerprint density at radius 2 is 2.03 bits per heavy atom. The molecule has 9 nitrogen and oxygen atoms in total. The molecule has 2 aromatic heterocycles. The number of nitrogens with one attached hydrogen (secondary N) is 1. The smallest absolute Gasteiger partial charge is 0.272 e. The number of hydrogen-bond donors (Lipinski definition) is 2. The van der Waals surface area contributed by atoms with E-state index in [4.69, 9.17) is 10.5 Å². The number of aromatic nitrogens is 2. The summed E-state index contributed by atoms with van der Waals surface area (Å²) in [7, 11) is 1.50. The van der Waals surface area contributed by atoms with Crippen molar-refractivity contribution >= 4 is 39.7 Å². The molecular formula is C23H17F2N5O4S. The second-order valence-electron chi connectivity index (χ2n) is 7.80. The summed E-state index contributed by atoms with van der Waals surface area (Å²) in [5, 5.41) is 4.26. The van der Waals surface area contributed by atoms with Crippen LogP contribution >= 0.6 is 11.3 Å². The average Bonchev–Trinajstić information content (AvgIpc) is 3.39. The molecule has 1 aliphatic rings. The molecule has 0 saturated carbocycles. The standard InChI is InChI=1S/C23H17F2N5O4S/c1-29-17-6-11(20(26)31)2-5-19(17)34-9-16(22(29)33)27-21(32)15-8-30-18(10-35-23(30)28-15)13-4-3-12(24)7-14(13)25/h2-8,10,16H,9H2,1H3,(H2,26,31)(H,27,32)/t16-/m0/s1. The van der Waals surface area contributed by atoms with Crippen LogP contribution in [-0.4, -0.2) is 46.8 Å². The van der Waals surface area contributed by atoms with Crippen LogP contribution in [-0.2, 0) is 4.79 Å². The highest BCUT2D eigenvalue weighted by molar-refractivity contribution is 7.15. The lowest BCUT2D eigenvalue weighted by molar-refractivity contribution is -0.120. The molecule has 0 aliphatic carbocycles. The van der Waals surface area contributed by atoms with E-state index in [0.29, 0.717) is 22.1 Å². The monoisotopic (exact) mass is 497 g/mol. The van der Waals surface area contributed by atoms with Gasteiger partial charge in [0.2, 0.25) is 5.91 Å². The number of fused-ring (bicyclic) bond motifs is 2. The van der Waals surface area contributed by atoms with Gasteiger partial charge in [0.15, 0.2) is 4.96 Å². The molecule has 1 aliphatic heterocycles. The fourth-order valence-electron chi connectivity index (χ4n) is 3.77. The van der Waals surface area contributed by atoms with Gasteiger partial charge in [0.1, 0.15) is 35.7 Å². The Morgan fingerprint density at radius 3 is 2.77 bits per heavy atom. The van der Waals surface area contributed by atoms with Crippen molar-refractivity contribution in [3.63, 3.8) is 0 Å². The number of thiazole rings is 1. The lowest BCUT2D eigenvalue weighted by Gasteiger charge is -2.20. The highest BCUT2D eigenvalue weighted by Gasteiger charge is 2.32. The molecule has 3 heterocycles. The number of imidazole rings is 1. The van der Waals surface area contributed by atoms with Crippen LogP contribution < -0.4 is 20.7 Å². The normalized spacial score (nSPS) is 15.5. The van der Waals surface area contributed by atoms with Crippen LogP contribution in [0.3, 0.4) is 0 Å². The Labute approximate surface area is 200 Å². The number of carbonyl (C=O) groups is 3. The van der Waals surface area contributed by atoms with E-state index in [-0.39, 0.29) is 23.4 Å². The van der Waals surface area contributed by atoms with Crippen LogP contribution in [0.5, 0.6) is 5.75 Å². The Hall–Kier alpha value is -4.32. The van der Waals surface area contributed by atoms with Crippen molar-refractivity contribution in [1.29, 1.82) is 0 Å². The molecule has 35 heavy (non-hydrogen) atoms. The molecule has 5 rings (SSSR count). The third-order valence-corrected chi connectivity index (χ3v) is 6.43. The largest absolute Gasteiger partial charge is 0.489 e. The zero-order chi connectivity index (χ0) is 24.9. The Kier molecular flexibility index (Phi) is 5.44. The van der Waals surface area contributed by atoms with E-state index in [1.54, 1.807) is 5.38 Å². The van der Waals surface area contributed by atoms with E-state index in [2.05, 4.69) is 10.3 Å². The van der Waals surface area contributed by atoms with Crippen molar-refractivity contribution < 1.29 is 27.9 Å². The number of anilines is 1. The Morgan fingerprint density at radius 1 is 1.23 bits per heavy atom. The maximum Gasteiger partial charge on any atom is 0.272 e. The van der Waals surface area contributed by atoms with Gasteiger partial charge in [0.05, 0.1) is 11.4 Å². The average molecular weight is 497 g/mol. The van der Waals surface area contributed by atoms with E-state index >= 15 is 0 Å². The number of amides is 3. The van der Waals surface area contributed by atoms with Gasteiger partial charge in [-0.05, 0) is 30.3 Å². The molecule has 0 spiro atoms. The summed E-state index contributed by atoms with van der Waals surface area (Å²) in [4.78, 5) is 43.4. The molecule has 4 aromatic rings. The summed E-state index contributed by atoms with van der Waals surface area (Å²) in [5.74, 6) is -2.83. The second-order valence-corrected chi connectivity index (χ2v) is 8.64. The zero-order valence-electron chi connectivity index (χ0n) is 18.1. The topological polar surface area (TPSA) is 119 Å². The molecule has 178 valence electrons. The molecule has 0 unspecified atom stereocenters.